The third-order valence-electron chi connectivity index (χ3n) is 1.03. The highest BCUT2D eigenvalue weighted by atomic mass is 16.1. The second-order valence-electron chi connectivity index (χ2n) is 2.48. The summed E-state index contributed by atoms with van der Waals surface area (Å²) in [6.45, 7) is 7.10. The Labute approximate surface area is 61.7 Å². The SMILES string of the molecule is CC(=O)C(C)=NC=C(C)C. The van der Waals surface area contributed by atoms with Crippen molar-refractivity contribution < 1.29 is 4.79 Å². The van der Waals surface area contributed by atoms with Crippen LogP contribution in [0.1, 0.15) is 27.7 Å². The van der Waals surface area contributed by atoms with Crippen molar-refractivity contribution in [2.75, 3.05) is 0 Å². The van der Waals surface area contributed by atoms with Gasteiger partial charge in [0.05, 0.1) is 5.71 Å². The maximum absolute atomic E-state index is 10.6. The number of carbonyl (C=O) groups excluding carboxylic acids is 1. The molecule has 0 aromatic rings. The minimum absolute atomic E-state index is 0.0255. The van der Waals surface area contributed by atoms with Gasteiger partial charge >= 0.3 is 0 Å². The van der Waals surface area contributed by atoms with Gasteiger partial charge in [-0.05, 0) is 20.8 Å². The summed E-state index contributed by atoms with van der Waals surface area (Å²) in [6.07, 6.45) is 1.69. The number of carbonyl (C=O) groups is 1. The molecule has 0 aliphatic heterocycles. The minimum atomic E-state index is 0.0255. The first-order valence-electron chi connectivity index (χ1n) is 3.22. The fraction of sp³-hybridized carbons (Fsp3) is 0.500. The van der Waals surface area contributed by atoms with Gasteiger partial charge in [-0.25, -0.2) is 0 Å². The van der Waals surface area contributed by atoms with Gasteiger partial charge in [-0.3, -0.25) is 9.79 Å². The quantitative estimate of drug-likeness (QED) is 0.538. The number of ketones is 1. The van der Waals surface area contributed by atoms with Crippen molar-refractivity contribution in [3.63, 3.8) is 0 Å². The second kappa shape index (κ2) is 3.99. The topological polar surface area (TPSA) is 29.4 Å². The van der Waals surface area contributed by atoms with E-state index < -0.39 is 0 Å². The van der Waals surface area contributed by atoms with Gasteiger partial charge in [0.1, 0.15) is 0 Å². The third-order valence-corrected chi connectivity index (χ3v) is 1.03. The number of hydrogen-bond donors (Lipinski definition) is 0. The molecule has 0 aliphatic rings. The monoisotopic (exact) mass is 139 g/mol. The summed E-state index contributed by atoms with van der Waals surface area (Å²) in [5.74, 6) is 0.0255. The normalized spacial score (nSPS) is 11.0. The van der Waals surface area contributed by atoms with Crippen LogP contribution < -0.4 is 0 Å². The Kier molecular flexibility index (Phi) is 3.62. The van der Waals surface area contributed by atoms with E-state index in [0.717, 1.165) is 5.57 Å². The van der Waals surface area contributed by atoms with Crippen molar-refractivity contribution in [1.82, 2.24) is 0 Å². The van der Waals surface area contributed by atoms with Gasteiger partial charge in [-0.15, -0.1) is 0 Å². The lowest BCUT2D eigenvalue weighted by Crippen LogP contribution is -2.02. The van der Waals surface area contributed by atoms with Crippen LogP contribution in [0.2, 0.25) is 0 Å². The Hall–Kier alpha value is -0.920. The van der Waals surface area contributed by atoms with Crippen LogP contribution in [0.3, 0.4) is 0 Å². The van der Waals surface area contributed by atoms with E-state index in [-0.39, 0.29) is 5.78 Å². The van der Waals surface area contributed by atoms with E-state index in [4.69, 9.17) is 0 Å². The molecule has 0 spiro atoms. The van der Waals surface area contributed by atoms with Crippen LogP contribution in [0.15, 0.2) is 16.8 Å². The average Bonchev–Trinajstić information content (AvgIpc) is 1.82. The summed E-state index contributed by atoms with van der Waals surface area (Å²) in [5.41, 5.74) is 1.65. The molecule has 0 aromatic carbocycles. The van der Waals surface area contributed by atoms with E-state index in [1.54, 1.807) is 13.1 Å². The van der Waals surface area contributed by atoms with E-state index >= 15 is 0 Å². The molecule has 0 unspecified atom stereocenters. The van der Waals surface area contributed by atoms with Gasteiger partial charge < -0.3 is 0 Å². The Morgan fingerprint density at radius 1 is 1.20 bits per heavy atom. The van der Waals surface area contributed by atoms with Crippen molar-refractivity contribution in [1.29, 1.82) is 0 Å². The predicted octanol–water partition coefficient (Wildman–Crippen LogP) is 1.96. The van der Waals surface area contributed by atoms with Crippen LogP contribution in [0.5, 0.6) is 0 Å². The lowest BCUT2D eigenvalue weighted by molar-refractivity contribution is -0.111. The van der Waals surface area contributed by atoms with Crippen LogP contribution in [-0.4, -0.2) is 11.5 Å². The van der Waals surface area contributed by atoms with Crippen LogP contribution in [0, 0.1) is 0 Å². The fourth-order valence-electron chi connectivity index (χ4n) is 0.317. The molecule has 56 valence electrons. The average molecular weight is 139 g/mol. The zero-order chi connectivity index (χ0) is 8.15. The molecular weight excluding hydrogens is 126 g/mol. The molecule has 0 aromatic heterocycles. The van der Waals surface area contributed by atoms with E-state index in [9.17, 15) is 4.79 Å². The molecule has 0 bridgehead atoms. The van der Waals surface area contributed by atoms with E-state index in [0.29, 0.717) is 5.71 Å². The molecule has 2 nitrogen and oxygen atoms in total. The van der Waals surface area contributed by atoms with Gasteiger partial charge in [0.15, 0.2) is 5.78 Å². The van der Waals surface area contributed by atoms with Crippen molar-refractivity contribution in [2.24, 2.45) is 4.99 Å². The molecule has 0 N–H and O–H groups in total. The highest BCUT2D eigenvalue weighted by Gasteiger charge is 1.93. The number of nitrogens with zero attached hydrogens (tertiary/aromatic N) is 1. The number of allylic oxidation sites excluding steroid dienone is 1. The zero-order valence-corrected chi connectivity index (χ0v) is 6.93. The summed E-state index contributed by atoms with van der Waals surface area (Å²) >= 11 is 0. The van der Waals surface area contributed by atoms with Gasteiger partial charge in [0.2, 0.25) is 0 Å². The van der Waals surface area contributed by atoms with Gasteiger partial charge in [-0.1, -0.05) is 5.57 Å². The summed E-state index contributed by atoms with van der Waals surface area (Å²) in [4.78, 5) is 14.5. The molecule has 0 amide bonds. The summed E-state index contributed by atoms with van der Waals surface area (Å²) in [7, 11) is 0. The maximum atomic E-state index is 10.6. The smallest absolute Gasteiger partial charge is 0.173 e. The molecule has 0 aliphatic carbocycles. The van der Waals surface area contributed by atoms with E-state index in [1.807, 2.05) is 13.8 Å². The van der Waals surface area contributed by atoms with Crippen molar-refractivity contribution in [3.8, 4) is 0 Å². The molecule has 0 radical (unpaired) electrons. The molecule has 0 atom stereocenters. The van der Waals surface area contributed by atoms with Crippen molar-refractivity contribution in [2.45, 2.75) is 27.7 Å². The van der Waals surface area contributed by atoms with E-state index in [1.165, 1.54) is 6.92 Å². The zero-order valence-electron chi connectivity index (χ0n) is 6.93. The molecule has 10 heavy (non-hydrogen) atoms. The molecule has 0 saturated carbocycles. The lowest BCUT2D eigenvalue weighted by Gasteiger charge is -1.89. The standard InChI is InChI=1S/C8H13NO/c1-6(2)5-9-7(3)8(4)10/h5H,1-4H3. The molecule has 0 saturated heterocycles. The summed E-state index contributed by atoms with van der Waals surface area (Å²) in [6, 6.07) is 0. The Morgan fingerprint density at radius 2 is 1.70 bits per heavy atom. The Bertz CT molecular complexity index is 185. The molecule has 2 heteroatoms. The van der Waals surface area contributed by atoms with Crippen molar-refractivity contribution in [3.05, 3.63) is 11.8 Å². The van der Waals surface area contributed by atoms with Gasteiger partial charge in [0, 0.05) is 13.1 Å². The van der Waals surface area contributed by atoms with Crippen LogP contribution in [0.25, 0.3) is 0 Å². The highest BCUT2D eigenvalue weighted by molar-refractivity contribution is 6.38. The number of aliphatic imine (C=N–C) groups is 1. The van der Waals surface area contributed by atoms with Gasteiger partial charge in [-0.2, -0.15) is 0 Å². The predicted molar refractivity (Wildman–Crippen MR) is 43.2 cm³/mol. The fourth-order valence-corrected chi connectivity index (χ4v) is 0.317. The summed E-state index contributed by atoms with van der Waals surface area (Å²) in [5, 5.41) is 0. The van der Waals surface area contributed by atoms with E-state index in [2.05, 4.69) is 4.99 Å². The first-order chi connectivity index (χ1) is 4.54. The second-order valence-corrected chi connectivity index (χ2v) is 2.48. The number of Topliss-reactive ketones (excluding diaryl/α,β-unsaturated/α-hetero) is 1. The van der Waals surface area contributed by atoms with Gasteiger partial charge in [0.25, 0.3) is 0 Å². The van der Waals surface area contributed by atoms with Crippen LogP contribution >= 0.6 is 0 Å². The number of hydrogen-bond acceptors (Lipinski definition) is 2. The first-order valence-corrected chi connectivity index (χ1v) is 3.22. The first kappa shape index (κ1) is 9.08. The number of rotatable bonds is 2. The molecular formula is C8H13NO. The van der Waals surface area contributed by atoms with Crippen LogP contribution in [0.4, 0.5) is 0 Å². The highest BCUT2D eigenvalue weighted by Crippen LogP contribution is 1.90. The van der Waals surface area contributed by atoms with Crippen molar-refractivity contribution >= 4 is 11.5 Å². The molecule has 0 heterocycles. The van der Waals surface area contributed by atoms with Crippen LogP contribution in [-0.2, 0) is 4.79 Å². The largest absolute Gasteiger partial charge is 0.293 e. The third kappa shape index (κ3) is 4.01. The molecule has 0 fully saturated rings. The molecule has 0 rings (SSSR count). The maximum Gasteiger partial charge on any atom is 0.173 e. The Balaban J connectivity index is 4.19. The summed E-state index contributed by atoms with van der Waals surface area (Å²) < 4.78 is 0. The minimum Gasteiger partial charge on any atom is -0.293 e. The lowest BCUT2D eigenvalue weighted by atomic mass is 10.3. The Morgan fingerprint density at radius 3 is 2.00 bits per heavy atom.